The van der Waals surface area contributed by atoms with E-state index in [9.17, 15) is 9.59 Å². The lowest BCUT2D eigenvalue weighted by Crippen LogP contribution is -2.52. The molecule has 3 rings (SSSR count). The van der Waals surface area contributed by atoms with Gasteiger partial charge in [0.05, 0.1) is 18.1 Å². The molecule has 0 N–H and O–H groups in total. The van der Waals surface area contributed by atoms with E-state index in [0.29, 0.717) is 45.0 Å². The molecule has 112 valence electrons. The van der Waals surface area contributed by atoms with Crippen molar-refractivity contribution in [3.8, 4) is 0 Å². The molecule has 6 nitrogen and oxygen atoms in total. The molecule has 0 spiro atoms. The zero-order valence-electron chi connectivity index (χ0n) is 11.9. The van der Waals surface area contributed by atoms with E-state index in [1.54, 1.807) is 29.4 Å². The van der Waals surface area contributed by atoms with Crippen LogP contribution in [-0.2, 0) is 9.53 Å². The van der Waals surface area contributed by atoms with Crippen molar-refractivity contribution in [1.82, 2.24) is 14.8 Å². The van der Waals surface area contributed by atoms with Crippen molar-refractivity contribution < 1.29 is 14.3 Å². The number of rotatable bonds is 2. The first-order chi connectivity index (χ1) is 10.3. The molecule has 0 bridgehead atoms. The molecule has 0 aromatic carbocycles. The minimum atomic E-state index is -0.0144. The maximum atomic E-state index is 12.3. The zero-order valence-corrected chi connectivity index (χ0v) is 11.9. The lowest BCUT2D eigenvalue weighted by Gasteiger charge is -2.35. The number of hydrogen-bond donors (Lipinski definition) is 0. The minimum absolute atomic E-state index is 0.00516. The topological polar surface area (TPSA) is 62.7 Å². The molecule has 0 radical (unpaired) electrons. The quantitative estimate of drug-likeness (QED) is 0.791. The van der Waals surface area contributed by atoms with E-state index in [-0.39, 0.29) is 17.7 Å². The van der Waals surface area contributed by atoms with Crippen molar-refractivity contribution in [3.63, 3.8) is 0 Å². The van der Waals surface area contributed by atoms with E-state index in [1.165, 1.54) is 0 Å². The van der Waals surface area contributed by atoms with Gasteiger partial charge < -0.3 is 14.5 Å². The molecular formula is C15H19N3O3. The summed E-state index contributed by atoms with van der Waals surface area (Å²) >= 11 is 0. The van der Waals surface area contributed by atoms with E-state index >= 15 is 0 Å². The van der Waals surface area contributed by atoms with Gasteiger partial charge in [0.25, 0.3) is 5.91 Å². The first kappa shape index (κ1) is 14.0. The summed E-state index contributed by atoms with van der Waals surface area (Å²) < 4.78 is 5.27. The van der Waals surface area contributed by atoms with Crippen LogP contribution in [-0.4, -0.2) is 66.0 Å². The molecule has 2 aliphatic rings. The number of hydrogen-bond acceptors (Lipinski definition) is 4. The second-order valence-corrected chi connectivity index (χ2v) is 5.42. The van der Waals surface area contributed by atoms with E-state index in [4.69, 9.17) is 4.74 Å². The molecule has 0 aliphatic carbocycles. The average molecular weight is 289 g/mol. The van der Waals surface area contributed by atoms with Crippen molar-refractivity contribution in [2.75, 3.05) is 39.4 Å². The summed E-state index contributed by atoms with van der Waals surface area (Å²) in [5.41, 5.74) is 0.599. The predicted molar refractivity (Wildman–Crippen MR) is 75.6 cm³/mol. The third-order valence-corrected chi connectivity index (χ3v) is 4.07. The molecule has 6 heteroatoms. The van der Waals surface area contributed by atoms with Gasteiger partial charge >= 0.3 is 0 Å². The minimum Gasteiger partial charge on any atom is -0.381 e. The van der Waals surface area contributed by atoms with Crippen LogP contribution in [0, 0.1) is 5.92 Å². The second-order valence-electron chi connectivity index (χ2n) is 5.42. The lowest BCUT2D eigenvalue weighted by molar-refractivity contribution is -0.137. The zero-order chi connectivity index (χ0) is 14.7. The first-order valence-corrected chi connectivity index (χ1v) is 7.31. The molecule has 0 saturated carbocycles. The molecule has 21 heavy (non-hydrogen) atoms. The Bertz CT molecular complexity index is 506. The van der Waals surface area contributed by atoms with Crippen LogP contribution < -0.4 is 0 Å². The van der Waals surface area contributed by atoms with Gasteiger partial charge in [-0.25, -0.2) is 0 Å². The summed E-state index contributed by atoms with van der Waals surface area (Å²) in [5.74, 6) is 0.158. The highest BCUT2D eigenvalue weighted by atomic mass is 16.5. The molecule has 1 aromatic heterocycles. The molecule has 1 atom stereocenters. The van der Waals surface area contributed by atoms with Crippen molar-refractivity contribution in [1.29, 1.82) is 0 Å². The number of piperazine rings is 1. The molecule has 2 fully saturated rings. The monoisotopic (exact) mass is 289 g/mol. The Hall–Kier alpha value is -1.95. The van der Waals surface area contributed by atoms with Gasteiger partial charge in [-0.3, -0.25) is 14.6 Å². The Kier molecular flexibility index (Phi) is 4.15. The Labute approximate surface area is 123 Å². The highest BCUT2D eigenvalue weighted by Gasteiger charge is 2.31. The number of carbonyl (C=O) groups excluding carboxylic acids is 2. The fourth-order valence-electron chi connectivity index (χ4n) is 2.79. The number of ether oxygens (including phenoxy) is 1. The Morgan fingerprint density at radius 2 is 1.95 bits per heavy atom. The van der Waals surface area contributed by atoms with Crippen LogP contribution >= 0.6 is 0 Å². The number of carbonyl (C=O) groups is 2. The summed E-state index contributed by atoms with van der Waals surface area (Å²) in [7, 11) is 0. The van der Waals surface area contributed by atoms with Crippen LogP contribution in [0.5, 0.6) is 0 Å². The first-order valence-electron chi connectivity index (χ1n) is 7.31. The van der Waals surface area contributed by atoms with Gasteiger partial charge in [-0.1, -0.05) is 0 Å². The van der Waals surface area contributed by atoms with Gasteiger partial charge in [0.1, 0.15) is 0 Å². The van der Waals surface area contributed by atoms with Gasteiger partial charge in [-0.2, -0.15) is 0 Å². The lowest BCUT2D eigenvalue weighted by atomic mass is 10.1. The molecule has 2 amide bonds. The van der Waals surface area contributed by atoms with Crippen LogP contribution in [0.1, 0.15) is 16.8 Å². The third kappa shape index (κ3) is 3.05. The van der Waals surface area contributed by atoms with Crippen LogP contribution in [0.2, 0.25) is 0 Å². The highest BCUT2D eigenvalue weighted by Crippen LogP contribution is 2.17. The Morgan fingerprint density at radius 3 is 2.57 bits per heavy atom. The Balaban J connectivity index is 1.55. The number of amides is 2. The van der Waals surface area contributed by atoms with Crippen molar-refractivity contribution in [2.45, 2.75) is 6.42 Å². The third-order valence-electron chi connectivity index (χ3n) is 4.07. The standard InChI is InChI=1S/C15H19N3O3/c19-14(12-2-1-4-16-10-12)17-5-7-18(8-6-17)15(20)13-3-9-21-11-13/h1-2,4,10,13H,3,5-9,11H2. The summed E-state index contributed by atoms with van der Waals surface area (Å²) in [4.78, 5) is 32.2. The van der Waals surface area contributed by atoms with E-state index in [1.807, 2.05) is 4.90 Å². The maximum absolute atomic E-state index is 12.3. The predicted octanol–water partition coefficient (Wildman–Crippen LogP) is 0.402. The van der Waals surface area contributed by atoms with Gasteiger partial charge in [0.2, 0.25) is 5.91 Å². The molecular weight excluding hydrogens is 270 g/mol. The smallest absolute Gasteiger partial charge is 0.255 e. The average Bonchev–Trinajstić information content (AvgIpc) is 3.09. The highest BCUT2D eigenvalue weighted by molar-refractivity contribution is 5.94. The summed E-state index contributed by atoms with van der Waals surface area (Å²) in [6.07, 6.45) is 4.04. The SMILES string of the molecule is O=C(c1cccnc1)N1CCN(C(=O)C2CCOC2)CC1. The van der Waals surface area contributed by atoms with Crippen molar-refractivity contribution in [2.24, 2.45) is 5.92 Å². The van der Waals surface area contributed by atoms with Crippen molar-refractivity contribution in [3.05, 3.63) is 30.1 Å². The van der Waals surface area contributed by atoms with Gasteiger partial charge in [0.15, 0.2) is 0 Å². The molecule has 3 heterocycles. The molecule has 2 aliphatic heterocycles. The van der Waals surface area contributed by atoms with Crippen LogP contribution in [0.25, 0.3) is 0 Å². The van der Waals surface area contributed by atoms with Gasteiger partial charge in [-0.15, -0.1) is 0 Å². The Morgan fingerprint density at radius 1 is 1.19 bits per heavy atom. The maximum Gasteiger partial charge on any atom is 0.255 e. The second kappa shape index (κ2) is 6.22. The number of pyridine rings is 1. The fraction of sp³-hybridized carbons (Fsp3) is 0.533. The molecule has 1 aromatic rings. The summed E-state index contributed by atoms with van der Waals surface area (Å²) in [5, 5.41) is 0. The molecule has 2 saturated heterocycles. The summed E-state index contributed by atoms with van der Waals surface area (Å²) in [6, 6.07) is 3.52. The number of nitrogens with zero attached hydrogens (tertiary/aromatic N) is 3. The summed E-state index contributed by atoms with van der Waals surface area (Å²) in [6.45, 7) is 3.56. The van der Waals surface area contributed by atoms with Crippen LogP contribution in [0.4, 0.5) is 0 Å². The van der Waals surface area contributed by atoms with Crippen LogP contribution in [0.3, 0.4) is 0 Å². The van der Waals surface area contributed by atoms with Crippen LogP contribution in [0.15, 0.2) is 24.5 Å². The van der Waals surface area contributed by atoms with E-state index < -0.39 is 0 Å². The van der Waals surface area contributed by atoms with E-state index in [0.717, 1.165) is 6.42 Å². The molecule has 1 unspecified atom stereocenters. The van der Waals surface area contributed by atoms with E-state index in [2.05, 4.69) is 4.98 Å². The van der Waals surface area contributed by atoms with Crippen molar-refractivity contribution >= 4 is 11.8 Å². The number of aromatic nitrogens is 1. The fourth-order valence-corrected chi connectivity index (χ4v) is 2.79. The van der Waals surface area contributed by atoms with Gasteiger partial charge in [0, 0.05) is 45.2 Å². The largest absolute Gasteiger partial charge is 0.381 e. The normalized spacial score (nSPS) is 22.4. The van der Waals surface area contributed by atoms with Gasteiger partial charge in [-0.05, 0) is 18.6 Å².